The van der Waals surface area contributed by atoms with Crippen molar-refractivity contribution in [3.8, 4) is 0 Å². The number of carboxylic acid groups (broad SMARTS) is 1. The van der Waals surface area contributed by atoms with Crippen molar-refractivity contribution < 1.29 is 19.5 Å². The molecule has 6 heteroatoms. The number of nitrogens with one attached hydrogen (secondary N) is 1. The molecule has 4 aromatic rings. The maximum atomic E-state index is 12.8. The highest BCUT2D eigenvalue weighted by molar-refractivity contribution is 6.09. The van der Waals surface area contributed by atoms with Crippen molar-refractivity contribution in [2.45, 2.75) is 12.5 Å². The minimum Gasteiger partial charge on any atom is -0.480 e. The van der Waals surface area contributed by atoms with Crippen molar-refractivity contribution in [1.29, 1.82) is 0 Å². The standard InChI is InChI=1S/C26H20N2O4/c29-24(18-6-2-1-3-7-18)19-12-10-17(11-13-19)16-23(26(31)32)28-25(30)21-14-15-27-22-9-5-4-8-20(21)22/h1-15,23H,16H2,(H,28,30)(H,31,32)/t23-/m1/s1. The van der Waals surface area contributed by atoms with Crippen LogP contribution in [0.3, 0.4) is 0 Å². The zero-order valence-electron chi connectivity index (χ0n) is 17.1. The number of aliphatic carboxylic acids is 1. The van der Waals surface area contributed by atoms with Gasteiger partial charge in [0.25, 0.3) is 5.91 Å². The number of ketones is 1. The zero-order valence-corrected chi connectivity index (χ0v) is 17.1. The molecule has 1 heterocycles. The first-order chi connectivity index (χ1) is 15.5. The van der Waals surface area contributed by atoms with E-state index >= 15 is 0 Å². The fourth-order valence-electron chi connectivity index (χ4n) is 3.51. The number of aromatic nitrogens is 1. The summed E-state index contributed by atoms with van der Waals surface area (Å²) in [6.45, 7) is 0. The molecule has 4 rings (SSSR count). The van der Waals surface area contributed by atoms with Gasteiger partial charge in [-0.15, -0.1) is 0 Å². The van der Waals surface area contributed by atoms with Gasteiger partial charge in [-0.1, -0.05) is 72.8 Å². The zero-order chi connectivity index (χ0) is 22.5. The van der Waals surface area contributed by atoms with Crippen molar-refractivity contribution in [2.75, 3.05) is 0 Å². The molecule has 1 amide bonds. The van der Waals surface area contributed by atoms with Crippen LogP contribution in [0.15, 0.2) is 91.1 Å². The van der Waals surface area contributed by atoms with E-state index in [-0.39, 0.29) is 12.2 Å². The van der Waals surface area contributed by atoms with Crippen LogP contribution in [0.1, 0.15) is 31.8 Å². The lowest BCUT2D eigenvalue weighted by Gasteiger charge is -2.16. The summed E-state index contributed by atoms with van der Waals surface area (Å²) in [4.78, 5) is 41.4. The fourth-order valence-corrected chi connectivity index (χ4v) is 3.51. The van der Waals surface area contributed by atoms with Gasteiger partial charge in [-0.3, -0.25) is 14.6 Å². The quantitative estimate of drug-likeness (QED) is 0.439. The van der Waals surface area contributed by atoms with Crippen LogP contribution in [-0.2, 0) is 11.2 Å². The summed E-state index contributed by atoms with van der Waals surface area (Å²) in [7, 11) is 0. The summed E-state index contributed by atoms with van der Waals surface area (Å²) in [5, 5.41) is 12.9. The number of fused-ring (bicyclic) bond motifs is 1. The Hall–Kier alpha value is -4.32. The van der Waals surface area contributed by atoms with Crippen LogP contribution in [0.5, 0.6) is 0 Å². The largest absolute Gasteiger partial charge is 0.480 e. The molecule has 0 saturated carbocycles. The second-order valence-electron chi connectivity index (χ2n) is 7.34. The summed E-state index contributed by atoms with van der Waals surface area (Å²) in [5.74, 6) is -1.72. The minimum atomic E-state index is -1.14. The number of amides is 1. The molecule has 0 radical (unpaired) electrons. The summed E-state index contributed by atoms with van der Waals surface area (Å²) in [5.41, 5.74) is 2.82. The summed E-state index contributed by atoms with van der Waals surface area (Å²) in [6, 6.07) is 23.3. The summed E-state index contributed by atoms with van der Waals surface area (Å²) >= 11 is 0. The number of carbonyl (C=O) groups is 3. The Bertz CT molecular complexity index is 1280. The van der Waals surface area contributed by atoms with Gasteiger partial charge in [0.05, 0.1) is 11.1 Å². The molecule has 0 aliphatic rings. The molecule has 3 aromatic carbocycles. The maximum Gasteiger partial charge on any atom is 0.326 e. The van der Waals surface area contributed by atoms with Crippen molar-refractivity contribution in [3.63, 3.8) is 0 Å². The van der Waals surface area contributed by atoms with Gasteiger partial charge in [0.1, 0.15) is 6.04 Å². The van der Waals surface area contributed by atoms with E-state index in [1.54, 1.807) is 72.8 Å². The molecule has 6 nitrogen and oxygen atoms in total. The van der Waals surface area contributed by atoms with Crippen LogP contribution >= 0.6 is 0 Å². The first kappa shape index (κ1) is 20.9. The third-order valence-electron chi connectivity index (χ3n) is 5.19. The van der Waals surface area contributed by atoms with Gasteiger partial charge < -0.3 is 10.4 Å². The fraction of sp³-hybridized carbons (Fsp3) is 0.0769. The van der Waals surface area contributed by atoms with E-state index in [9.17, 15) is 19.5 Å². The number of nitrogens with zero attached hydrogens (tertiary/aromatic N) is 1. The lowest BCUT2D eigenvalue weighted by atomic mass is 9.99. The van der Waals surface area contributed by atoms with Crippen LogP contribution in [-0.4, -0.2) is 33.8 Å². The number of hydrogen-bond acceptors (Lipinski definition) is 4. The van der Waals surface area contributed by atoms with E-state index < -0.39 is 17.9 Å². The van der Waals surface area contributed by atoms with Crippen LogP contribution < -0.4 is 5.32 Å². The molecule has 0 unspecified atom stereocenters. The van der Waals surface area contributed by atoms with Crippen molar-refractivity contribution >= 4 is 28.6 Å². The Kier molecular flexibility index (Phi) is 6.03. The van der Waals surface area contributed by atoms with Crippen LogP contribution in [0.2, 0.25) is 0 Å². The Morgan fingerprint density at radius 1 is 0.812 bits per heavy atom. The Labute approximate surface area is 184 Å². The maximum absolute atomic E-state index is 12.8. The molecule has 0 aliphatic heterocycles. The molecule has 1 aromatic heterocycles. The second kappa shape index (κ2) is 9.22. The van der Waals surface area contributed by atoms with Gasteiger partial charge in [-0.05, 0) is 17.7 Å². The molecule has 0 fully saturated rings. The predicted molar refractivity (Wildman–Crippen MR) is 121 cm³/mol. The van der Waals surface area contributed by atoms with Crippen molar-refractivity contribution in [2.24, 2.45) is 0 Å². The van der Waals surface area contributed by atoms with Gasteiger partial charge in [-0.25, -0.2) is 4.79 Å². The lowest BCUT2D eigenvalue weighted by molar-refractivity contribution is -0.139. The molecular weight excluding hydrogens is 404 g/mol. The molecule has 158 valence electrons. The number of carbonyl (C=O) groups excluding carboxylic acids is 2. The number of rotatable bonds is 7. The van der Waals surface area contributed by atoms with E-state index in [2.05, 4.69) is 10.3 Å². The smallest absolute Gasteiger partial charge is 0.326 e. The third-order valence-corrected chi connectivity index (χ3v) is 5.19. The average Bonchev–Trinajstić information content (AvgIpc) is 2.83. The second-order valence-corrected chi connectivity index (χ2v) is 7.34. The predicted octanol–water partition coefficient (Wildman–Crippen LogP) is 3.89. The van der Waals surface area contributed by atoms with Crippen LogP contribution in [0.25, 0.3) is 10.9 Å². The Morgan fingerprint density at radius 2 is 1.47 bits per heavy atom. The minimum absolute atomic E-state index is 0.0872. The van der Waals surface area contributed by atoms with Crippen molar-refractivity contribution in [1.82, 2.24) is 10.3 Å². The van der Waals surface area contributed by atoms with Crippen LogP contribution in [0.4, 0.5) is 0 Å². The number of carboxylic acids is 1. The van der Waals surface area contributed by atoms with Crippen LogP contribution in [0, 0.1) is 0 Å². The van der Waals surface area contributed by atoms with Crippen molar-refractivity contribution in [3.05, 3.63) is 113 Å². The Morgan fingerprint density at radius 3 is 2.19 bits per heavy atom. The van der Waals surface area contributed by atoms with E-state index in [1.165, 1.54) is 6.20 Å². The molecule has 1 atom stereocenters. The third kappa shape index (κ3) is 4.54. The van der Waals surface area contributed by atoms with Gasteiger partial charge >= 0.3 is 5.97 Å². The van der Waals surface area contributed by atoms with Gasteiger partial charge in [0, 0.05) is 29.1 Å². The number of para-hydroxylation sites is 1. The first-order valence-corrected chi connectivity index (χ1v) is 10.1. The van der Waals surface area contributed by atoms with Gasteiger partial charge in [0.15, 0.2) is 5.78 Å². The summed E-state index contributed by atoms with van der Waals surface area (Å²) in [6.07, 6.45) is 1.61. The highest BCUT2D eigenvalue weighted by Gasteiger charge is 2.22. The van der Waals surface area contributed by atoms with E-state index in [0.29, 0.717) is 33.2 Å². The monoisotopic (exact) mass is 424 g/mol. The molecule has 0 spiro atoms. The highest BCUT2D eigenvalue weighted by atomic mass is 16.4. The topological polar surface area (TPSA) is 96.4 Å². The van der Waals surface area contributed by atoms with Gasteiger partial charge in [-0.2, -0.15) is 0 Å². The Balaban J connectivity index is 1.49. The summed E-state index contributed by atoms with van der Waals surface area (Å²) < 4.78 is 0. The molecule has 0 saturated heterocycles. The highest BCUT2D eigenvalue weighted by Crippen LogP contribution is 2.17. The molecule has 0 aliphatic carbocycles. The first-order valence-electron chi connectivity index (χ1n) is 10.1. The SMILES string of the molecule is O=C(c1ccccc1)c1ccc(C[C@@H](NC(=O)c2ccnc3ccccc23)C(=O)O)cc1. The van der Waals surface area contributed by atoms with E-state index in [1.807, 2.05) is 12.1 Å². The average molecular weight is 424 g/mol. The number of hydrogen-bond donors (Lipinski definition) is 2. The molecule has 2 N–H and O–H groups in total. The molecular formula is C26H20N2O4. The normalized spacial score (nSPS) is 11.6. The molecule has 32 heavy (non-hydrogen) atoms. The number of pyridine rings is 1. The van der Waals surface area contributed by atoms with Gasteiger partial charge in [0.2, 0.25) is 0 Å². The van der Waals surface area contributed by atoms with E-state index in [0.717, 1.165) is 0 Å². The molecule has 0 bridgehead atoms. The van der Waals surface area contributed by atoms with E-state index in [4.69, 9.17) is 0 Å². The lowest BCUT2D eigenvalue weighted by Crippen LogP contribution is -2.42. The number of benzene rings is 3.